The fraction of sp³-hybridized carbons (Fsp3) is 0.312. The summed E-state index contributed by atoms with van der Waals surface area (Å²) in [7, 11) is 0. The molecule has 0 radical (unpaired) electrons. The first-order valence-corrected chi connectivity index (χ1v) is 8.17. The molecule has 1 unspecified atom stereocenters. The van der Waals surface area contributed by atoms with E-state index < -0.39 is 11.5 Å². The number of anilines is 2. The molecule has 0 bridgehead atoms. The van der Waals surface area contributed by atoms with Crippen LogP contribution >= 0.6 is 11.6 Å². The highest BCUT2D eigenvalue weighted by Crippen LogP contribution is 2.33. The fourth-order valence-electron chi connectivity index (χ4n) is 2.84. The Balaban J connectivity index is 1.69. The summed E-state index contributed by atoms with van der Waals surface area (Å²) in [5.74, 6) is 0.468. The van der Waals surface area contributed by atoms with Crippen molar-refractivity contribution in [2.24, 2.45) is 0 Å². The molecule has 0 amide bonds. The number of hydrogen-bond donors (Lipinski definition) is 1. The summed E-state index contributed by atoms with van der Waals surface area (Å²) < 4.78 is 29.7. The van der Waals surface area contributed by atoms with Gasteiger partial charge in [-0.05, 0) is 18.6 Å². The van der Waals surface area contributed by atoms with Gasteiger partial charge in [-0.2, -0.15) is 8.78 Å². The maximum atomic E-state index is 12.6. The maximum absolute atomic E-state index is 12.6. The molecular formula is C16H15ClF2N4O3. The van der Waals surface area contributed by atoms with Crippen LogP contribution < -0.4 is 15.0 Å². The summed E-state index contributed by atoms with van der Waals surface area (Å²) in [4.78, 5) is 16.1. The highest BCUT2D eigenvalue weighted by molar-refractivity contribution is 6.33. The average molecular weight is 385 g/mol. The molecule has 1 fully saturated rings. The smallest absolute Gasteiger partial charge is 0.387 e. The molecule has 0 saturated carbocycles. The van der Waals surface area contributed by atoms with Gasteiger partial charge in [0.2, 0.25) is 0 Å². The standard InChI is InChI=1S/C16H15ClF2N4O3/c17-12-7-11(23(24)25)8-20-15(12)21-10-5-6-22(9-10)13-3-1-2-4-14(13)26-16(18)19/h1-4,7-8,10,16H,5-6,9H2,(H,20,21). The van der Waals surface area contributed by atoms with Crippen LogP contribution in [0.5, 0.6) is 5.75 Å². The highest BCUT2D eigenvalue weighted by Gasteiger charge is 2.26. The number of rotatable bonds is 6. The Bertz CT molecular complexity index is 809. The van der Waals surface area contributed by atoms with E-state index in [1.54, 1.807) is 18.2 Å². The Kier molecular flexibility index (Phi) is 5.36. The zero-order valence-electron chi connectivity index (χ0n) is 13.4. The Morgan fingerprint density at radius 3 is 2.88 bits per heavy atom. The minimum atomic E-state index is -2.89. The number of nitro groups is 1. The molecule has 26 heavy (non-hydrogen) atoms. The van der Waals surface area contributed by atoms with Gasteiger partial charge in [0, 0.05) is 25.2 Å². The van der Waals surface area contributed by atoms with E-state index in [0.717, 1.165) is 12.6 Å². The van der Waals surface area contributed by atoms with Gasteiger partial charge in [0.05, 0.1) is 15.6 Å². The van der Waals surface area contributed by atoms with Gasteiger partial charge in [-0.3, -0.25) is 10.1 Å². The molecule has 10 heteroatoms. The normalized spacial score (nSPS) is 16.8. The maximum Gasteiger partial charge on any atom is 0.387 e. The van der Waals surface area contributed by atoms with Gasteiger partial charge in [-0.1, -0.05) is 23.7 Å². The molecule has 138 valence electrons. The fourth-order valence-corrected chi connectivity index (χ4v) is 3.05. The number of hydrogen-bond acceptors (Lipinski definition) is 6. The number of nitrogens with zero attached hydrogens (tertiary/aromatic N) is 3. The largest absolute Gasteiger partial charge is 0.433 e. The minimum absolute atomic E-state index is 0.0407. The first-order valence-electron chi connectivity index (χ1n) is 7.79. The van der Waals surface area contributed by atoms with Crippen molar-refractivity contribution >= 4 is 28.8 Å². The van der Waals surface area contributed by atoms with Crippen molar-refractivity contribution in [1.29, 1.82) is 0 Å². The third-order valence-electron chi connectivity index (χ3n) is 3.99. The number of ether oxygens (including phenoxy) is 1. The lowest BCUT2D eigenvalue weighted by molar-refractivity contribution is -0.385. The molecule has 1 aliphatic heterocycles. The third-order valence-corrected chi connectivity index (χ3v) is 4.28. The molecule has 0 spiro atoms. The topological polar surface area (TPSA) is 80.5 Å². The van der Waals surface area contributed by atoms with E-state index in [1.165, 1.54) is 12.1 Å². The summed E-state index contributed by atoms with van der Waals surface area (Å²) in [6.07, 6.45) is 1.85. The van der Waals surface area contributed by atoms with E-state index in [2.05, 4.69) is 15.0 Å². The van der Waals surface area contributed by atoms with E-state index in [1.807, 2.05) is 4.90 Å². The lowest BCUT2D eigenvalue weighted by Crippen LogP contribution is -2.27. The SMILES string of the molecule is O=[N+]([O-])c1cnc(NC2CCN(c3ccccc3OC(F)F)C2)c(Cl)c1. The predicted molar refractivity (Wildman–Crippen MR) is 93.2 cm³/mol. The lowest BCUT2D eigenvalue weighted by atomic mass is 10.2. The van der Waals surface area contributed by atoms with Crippen LogP contribution in [0, 0.1) is 10.1 Å². The first kappa shape index (κ1) is 18.1. The van der Waals surface area contributed by atoms with Crippen LogP contribution in [0.1, 0.15) is 6.42 Å². The number of para-hydroxylation sites is 2. The Hall–Kier alpha value is -2.68. The number of pyridine rings is 1. The number of benzene rings is 1. The molecule has 2 aromatic rings. The molecule has 2 heterocycles. The number of halogens is 3. The molecule has 1 aromatic heterocycles. The van der Waals surface area contributed by atoms with Crippen molar-refractivity contribution in [2.45, 2.75) is 19.1 Å². The van der Waals surface area contributed by atoms with Gasteiger partial charge in [-0.25, -0.2) is 4.98 Å². The van der Waals surface area contributed by atoms with Gasteiger partial charge in [-0.15, -0.1) is 0 Å². The number of nitrogens with one attached hydrogen (secondary N) is 1. The van der Waals surface area contributed by atoms with Gasteiger partial charge in [0.1, 0.15) is 17.8 Å². The molecule has 1 N–H and O–H groups in total. The van der Waals surface area contributed by atoms with Crippen molar-refractivity contribution < 1.29 is 18.4 Å². The van der Waals surface area contributed by atoms with Crippen LogP contribution in [-0.4, -0.2) is 35.7 Å². The van der Waals surface area contributed by atoms with Crippen molar-refractivity contribution in [3.63, 3.8) is 0 Å². The van der Waals surface area contributed by atoms with Crippen molar-refractivity contribution in [3.05, 3.63) is 51.7 Å². The van der Waals surface area contributed by atoms with Crippen LogP contribution in [0.15, 0.2) is 36.5 Å². The summed E-state index contributed by atoms with van der Waals surface area (Å²) in [6, 6.07) is 7.79. The number of aromatic nitrogens is 1. The van der Waals surface area contributed by atoms with Crippen molar-refractivity contribution in [1.82, 2.24) is 4.98 Å². The van der Waals surface area contributed by atoms with Gasteiger partial charge < -0.3 is 15.0 Å². The Labute approximate surface area is 152 Å². The second-order valence-electron chi connectivity index (χ2n) is 5.70. The summed E-state index contributed by atoms with van der Waals surface area (Å²) in [6.45, 7) is -1.74. The van der Waals surface area contributed by atoms with E-state index in [-0.39, 0.29) is 22.5 Å². The van der Waals surface area contributed by atoms with Crippen molar-refractivity contribution in [3.8, 4) is 5.75 Å². The molecule has 1 aromatic carbocycles. The minimum Gasteiger partial charge on any atom is -0.433 e. The summed E-state index contributed by atoms with van der Waals surface area (Å²) >= 11 is 6.04. The monoisotopic (exact) mass is 384 g/mol. The van der Waals surface area contributed by atoms with E-state index in [4.69, 9.17) is 11.6 Å². The summed E-state index contributed by atoms with van der Waals surface area (Å²) in [5, 5.41) is 14.0. The molecule has 1 atom stereocenters. The second kappa shape index (κ2) is 7.69. The second-order valence-corrected chi connectivity index (χ2v) is 6.11. The van der Waals surface area contributed by atoms with Gasteiger partial charge in [0.15, 0.2) is 0 Å². The third kappa shape index (κ3) is 4.10. The van der Waals surface area contributed by atoms with Crippen LogP contribution in [0.3, 0.4) is 0 Å². The Morgan fingerprint density at radius 2 is 2.19 bits per heavy atom. The zero-order valence-corrected chi connectivity index (χ0v) is 14.2. The number of alkyl halides is 2. The average Bonchev–Trinajstić information content (AvgIpc) is 3.05. The molecule has 0 aliphatic carbocycles. The van der Waals surface area contributed by atoms with E-state index in [0.29, 0.717) is 24.6 Å². The molecule has 1 aliphatic rings. The van der Waals surface area contributed by atoms with Gasteiger partial charge >= 0.3 is 6.61 Å². The van der Waals surface area contributed by atoms with Crippen LogP contribution in [0.25, 0.3) is 0 Å². The summed E-state index contributed by atoms with van der Waals surface area (Å²) in [5.41, 5.74) is 0.395. The molecular weight excluding hydrogens is 370 g/mol. The molecule has 1 saturated heterocycles. The van der Waals surface area contributed by atoms with Crippen LogP contribution in [0.2, 0.25) is 5.02 Å². The van der Waals surface area contributed by atoms with E-state index in [9.17, 15) is 18.9 Å². The van der Waals surface area contributed by atoms with Crippen LogP contribution in [0.4, 0.5) is 26.0 Å². The molecule has 3 rings (SSSR count). The van der Waals surface area contributed by atoms with Crippen LogP contribution in [-0.2, 0) is 0 Å². The first-order chi connectivity index (χ1) is 12.4. The van der Waals surface area contributed by atoms with Gasteiger partial charge in [0.25, 0.3) is 5.69 Å². The lowest BCUT2D eigenvalue weighted by Gasteiger charge is -2.22. The quantitative estimate of drug-likeness (QED) is 0.600. The van der Waals surface area contributed by atoms with Crippen molar-refractivity contribution in [2.75, 3.05) is 23.3 Å². The highest BCUT2D eigenvalue weighted by atomic mass is 35.5. The van der Waals surface area contributed by atoms with E-state index >= 15 is 0 Å². The molecule has 7 nitrogen and oxygen atoms in total. The zero-order chi connectivity index (χ0) is 18.7. The Morgan fingerprint density at radius 1 is 1.42 bits per heavy atom. The predicted octanol–water partition coefficient (Wildman–Crippen LogP) is 3.94.